The summed E-state index contributed by atoms with van der Waals surface area (Å²) in [5.41, 5.74) is -5.39. The lowest BCUT2D eigenvalue weighted by atomic mass is 9.93. The molecule has 1 heterocycles. The maximum atomic E-state index is 13.0. The van der Waals surface area contributed by atoms with Gasteiger partial charge in [0.1, 0.15) is 0 Å². The van der Waals surface area contributed by atoms with Gasteiger partial charge in [-0.2, -0.15) is 17.6 Å². The second-order valence-electron chi connectivity index (χ2n) is 3.12. The number of ether oxygens (including phenoxy) is 1. The number of rotatable bonds is 1. The highest BCUT2D eigenvalue weighted by Gasteiger charge is 2.89. The van der Waals surface area contributed by atoms with Crippen LogP contribution in [0.4, 0.5) is 35.1 Å². The number of halogens is 8. The van der Waals surface area contributed by atoms with E-state index in [1.54, 1.807) is 0 Å². The van der Waals surface area contributed by atoms with Crippen LogP contribution in [0.15, 0.2) is 0 Å². The van der Waals surface area contributed by atoms with Gasteiger partial charge in [0.2, 0.25) is 0 Å². The summed E-state index contributed by atoms with van der Waals surface area (Å²) >= 11 is 0. The van der Waals surface area contributed by atoms with Gasteiger partial charge in [-0.25, -0.2) is 17.6 Å². The zero-order valence-electron chi connectivity index (χ0n) is 7.01. The molecule has 1 nitrogen and oxygen atoms in total. The predicted molar refractivity (Wildman–Crippen MR) is 30.3 cm³/mol. The minimum atomic E-state index is -5.95. The molecule has 1 aliphatic heterocycles. The van der Waals surface area contributed by atoms with Crippen molar-refractivity contribution >= 4 is 0 Å². The first-order valence-electron chi connectivity index (χ1n) is 3.52. The Hall–Kier alpha value is -0.600. The summed E-state index contributed by atoms with van der Waals surface area (Å²) in [5.74, 6) is -10.4. The zero-order chi connectivity index (χ0) is 12.3. The van der Waals surface area contributed by atoms with E-state index in [2.05, 4.69) is 4.74 Å². The molecule has 1 fully saturated rings. The van der Waals surface area contributed by atoms with Gasteiger partial charge in [-0.15, -0.1) is 0 Å². The Kier molecular flexibility index (Phi) is 2.28. The fourth-order valence-corrected chi connectivity index (χ4v) is 1.20. The summed E-state index contributed by atoms with van der Waals surface area (Å²) in [7, 11) is 0. The molecule has 0 aromatic carbocycles. The van der Waals surface area contributed by atoms with Crippen LogP contribution in [-0.4, -0.2) is 30.0 Å². The van der Waals surface area contributed by atoms with Gasteiger partial charge >= 0.3 is 12.0 Å². The lowest BCUT2D eigenvalue weighted by Crippen LogP contribution is -2.59. The van der Waals surface area contributed by atoms with Crippen molar-refractivity contribution in [1.29, 1.82) is 0 Å². The number of alkyl halides is 8. The van der Waals surface area contributed by atoms with Gasteiger partial charge in [0, 0.05) is 0 Å². The Morgan fingerprint density at radius 3 is 1.47 bits per heavy atom. The molecular weight excluding hydrogens is 240 g/mol. The SMILES string of the molecule is CC1(F)OC(F)(F)C(F)(F)C1(F)C(F)F. The third-order valence-corrected chi connectivity index (χ3v) is 2.09. The molecule has 90 valence electrons. The van der Waals surface area contributed by atoms with Crippen LogP contribution in [-0.2, 0) is 4.74 Å². The van der Waals surface area contributed by atoms with E-state index in [0.29, 0.717) is 0 Å². The molecule has 1 rings (SSSR count). The highest BCUT2D eigenvalue weighted by molar-refractivity contribution is 5.13. The topological polar surface area (TPSA) is 9.23 Å². The quantitative estimate of drug-likeness (QED) is 0.644. The second-order valence-corrected chi connectivity index (χ2v) is 3.12. The van der Waals surface area contributed by atoms with Crippen molar-refractivity contribution in [2.75, 3.05) is 0 Å². The first-order valence-corrected chi connectivity index (χ1v) is 3.52. The van der Waals surface area contributed by atoms with E-state index >= 15 is 0 Å². The van der Waals surface area contributed by atoms with Gasteiger partial charge in [0.05, 0.1) is 0 Å². The Morgan fingerprint density at radius 2 is 1.33 bits per heavy atom. The average molecular weight is 244 g/mol. The third-order valence-electron chi connectivity index (χ3n) is 2.09. The molecule has 0 aromatic heterocycles. The molecule has 0 aromatic rings. The molecule has 9 heteroatoms. The minimum absolute atomic E-state index is 0.242. The van der Waals surface area contributed by atoms with Crippen LogP contribution in [0.2, 0.25) is 0 Å². The monoisotopic (exact) mass is 244 g/mol. The standard InChI is InChI=1S/C6H4F8O/c1-3(9)4(10,2(7)8)5(11,12)6(13,14)15-3/h2H,1H3. The molecule has 15 heavy (non-hydrogen) atoms. The van der Waals surface area contributed by atoms with Crippen LogP contribution in [0.1, 0.15) is 6.92 Å². The molecule has 0 spiro atoms. The predicted octanol–water partition coefficient (Wildman–Crippen LogP) is 2.90. The molecule has 0 saturated carbocycles. The van der Waals surface area contributed by atoms with E-state index < -0.39 is 30.0 Å². The molecule has 2 unspecified atom stereocenters. The highest BCUT2D eigenvalue weighted by atomic mass is 19.3. The van der Waals surface area contributed by atoms with Crippen LogP contribution in [0, 0.1) is 0 Å². The summed E-state index contributed by atoms with van der Waals surface area (Å²) in [6.45, 7) is -0.242. The molecule has 1 aliphatic rings. The molecule has 0 bridgehead atoms. The van der Waals surface area contributed by atoms with Crippen molar-refractivity contribution in [3.63, 3.8) is 0 Å². The largest absolute Gasteiger partial charge is 0.425 e. The van der Waals surface area contributed by atoms with Gasteiger partial charge in [0.25, 0.3) is 17.9 Å². The molecular formula is C6H4F8O. The highest BCUT2D eigenvalue weighted by Crippen LogP contribution is 2.61. The number of hydrogen-bond acceptors (Lipinski definition) is 1. The maximum absolute atomic E-state index is 13.0. The number of hydrogen-bond donors (Lipinski definition) is 0. The summed E-state index contributed by atoms with van der Waals surface area (Å²) < 4.78 is 102. The van der Waals surface area contributed by atoms with Gasteiger partial charge < -0.3 is 0 Å². The van der Waals surface area contributed by atoms with Crippen molar-refractivity contribution < 1.29 is 39.9 Å². The van der Waals surface area contributed by atoms with Crippen molar-refractivity contribution in [1.82, 2.24) is 0 Å². The molecule has 0 amide bonds. The minimum Gasteiger partial charge on any atom is -0.274 e. The van der Waals surface area contributed by atoms with Crippen LogP contribution in [0.25, 0.3) is 0 Å². The summed E-state index contributed by atoms with van der Waals surface area (Å²) in [6.07, 6.45) is -10.3. The van der Waals surface area contributed by atoms with E-state index in [1.807, 2.05) is 0 Å². The van der Waals surface area contributed by atoms with E-state index in [0.717, 1.165) is 0 Å². The van der Waals surface area contributed by atoms with E-state index in [1.165, 1.54) is 0 Å². The fourth-order valence-electron chi connectivity index (χ4n) is 1.20. The maximum Gasteiger partial charge on any atom is 0.425 e. The van der Waals surface area contributed by atoms with Crippen molar-refractivity contribution in [2.45, 2.75) is 36.9 Å². The summed E-state index contributed by atoms with van der Waals surface area (Å²) in [4.78, 5) is 0. The van der Waals surface area contributed by atoms with E-state index in [9.17, 15) is 35.1 Å². The van der Waals surface area contributed by atoms with Gasteiger partial charge in [-0.05, 0) is 6.92 Å². The normalized spacial score (nSPS) is 43.6. The van der Waals surface area contributed by atoms with Crippen molar-refractivity contribution in [3.05, 3.63) is 0 Å². The van der Waals surface area contributed by atoms with Crippen LogP contribution < -0.4 is 0 Å². The lowest BCUT2D eigenvalue weighted by molar-refractivity contribution is -0.335. The van der Waals surface area contributed by atoms with Crippen LogP contribution in [0.3, 0.4) is 0 Å². The van der Waals surface area contributed by atoms with Gasteiger partial charge in [-0.1, -0.05) is 0 Å². The first kappa shape index (κ1) is 12.5. The van der Waals surface area contributed by atoms with E-state index in [4.69, 9.17) is 0 Å². The van der Waals surface area contributed by atoms with Gasteiger partial charge in [0.15, 0.2) is 0 Å². The molecule has 0 N–H and O–H groups in total. The average Bonchev–Trinajstić information content (AvgIpc) is 2.06. The third kappa shape index (κ3) is 1.18. The van der Waals surface area contributed by atoms with Gasteiger partial charge in [-0.3, -0.25) is 4.74 Å². The Labute approximate surface area is 78.0 Å². The fraction of sp³-hybridized carbons (Fsp3) is 1.00. The summed E-state index contributed by atoms with van der Waals surface area (Å²) in [5, 5.41) is 0. The van der Waals surface area contributed by atoms with E-state index in [-0.39, 0.29) is 6.92 Å². The van der Waals surface area contributed by atoms with Crippen LogP contribution >= 0.6 is 0 Å². The molecule has 0 aliphatic carbocycles. The Bertz CT molecular complexity index is 274. The Balaban J connectivity index is 3.37. The van der Waals surface area contributed by atoms with Crippen LogP contribution in [0.5, 0.6) is 0 Å². The second kappa shape index (κ2) is 2.74. The molecule has 2 atom stereocenters. The summed E-state index contributed by atoms with van der Waals surface area (Å²) in [6, 6.07) is 0. The first-order chi connectivity index (χ1) is 6.40. The Morgan fingerprint density at radius 1 is 0.933 bits per heavy atom. The molecule has 1 saturated heterocycles. The van der Waals surface area contributed by atoms with Crippen molar-refractivity contribution in [2.24, 2.45) is 0 Å². The lowest BCUT2D eigenvalue weighted by Gasteiger charge is -2.29. The smallest absolute Gasteiger partial charge is 0.274 e. The zero-order valence-corrected chi connectivity index (χ0v) is 7.01. The molecule has 0 radical (unpaired) electrons. The van der Waals surface area contributed by atoms with Crippen molar-refractivity contribution in [3.8, 4) is 0 Å².